The molecule has 230 valence electrons. The van der Waals surface area contributed by atoms with Crippen LogP contribution < -0.4 is 16.4 Å². The highest BCUT2D eigenvalue weighted by Gasteiger charge is 2.45. The van der Waals surface area contributed by atoms with Crippen LogP contribution in [0.5, 0.6) is 0 Å². The topological polar surface area (TPSA) is 223 Å². The van der Waals surface area contributed by atoms with Crippen LogP contribution in [0, 0.1) is 10.7 Å². The van der Waals surface area contributed by atoms with Crippen molar-refractivity contribution in [2.24, 2.45) is 5.73 Å². The van der Waals surface area contributed by atoms with Crippen LogP contribution in [0.4, 0.5) is 11.4 Å². The number of halogens is 3. The van der Waals surface area contributed by atoms with E-state index in [4.69, 9.17) is 5.73 Å². The summed E-state index contributed by atoms with van der Waals surface area (Å²) in [6.07, 6.45) is -6.07. The minimum absolute atomic E-state index is 0.0564. The number of anilines is 2. The van der Waals surface area contributed by atoms with Gasteiger partial charge in [-0.25, -0.2) is 0 Å². The fourth-order valence-electron chi connectivity index (χ4n) is 4.06. The molecule has 13 nitrogen and oxygen atoms in total. The van der Waals surface area contributed by atoms with Gasteiger partial charge in [-0.2, -0.15) is 0 Å². The summed E-state index contributed by atoms with van der Waals surface area (Å²) in [5.74, 6) is -3.18. The van der Waals surface area contributed by atoms with E-state index in [1.165, 1.54) is 13.8 Å². The molecule has 2 aromatic carbocycles. The number of aliphatic hydroxyl groups excluding tert-OH is 5. The van der Waals surface area contributed by atoms with Crippen LogP contribution in [0.1, 0.15) is 29.8 Å². The van der Waals surface area contributed by atoms with Gasteiger partial charge < -0.3 is 41.9 Å². The van der Waals surface area contributed by atoms with E-state index in [1.54, 1.807) is 75.5 Å². The SMILES string of the molecule is CC(=O)Nc1c(I)c(NC(C)=O)c(I)c(C(=O)N(C(=O)[C@@H](N)Cc2ccccc2)[C@@H]([C@@H](O)[C@H](O)CO)[C@@H](O)CO)c1I. The fraction of sp³-hybridized carbons (Fsp3) is 0.385. The molecule has 0 heterocycles. The van der Waals surface area contributed by atoms with Crippen LogP contribution in [-0.2, 0) is 20.8 Å². The zero-order valence-corrected chi connectivity index (χ0v) is 28.9. The normalized spacial score (nSPS) is 14.7. The average molecular weight is 924 g/mol. The third-order valence-corrected chi connectivity index (χ3v) is 9.25. The van der Waals surface area contributed by atoms with Gasteiger partial charge in [0.2, 0.25) is 17.7 Å². The van der Waals surface area contributed by atoms with Crippen LogP contribution in [0.15, 0.2) is 30.3 Å². The Labute approximate surface area is 282 Å². The Morgan fingerprint density at radius 2 is 1.31 bits per heavy atom. The highest BCUT2D eigenvalue weighted by Crippen LogP contribution is 2.40. The lowest BCUT2D eigenvalue weighted by Gasteiger charge is -2.38. The van der Waals surface area contributed by atoms with Crippen molar-refractivity contribution in [3.8, 4) is 0 Å². The van der Waals surface area contributed by atoms with Crippen LogP contribution in [0.3, 0.4) is 0 Å². The number of nitrogens with two attached hydrogens (primary N) is 1. The molecule has 0 spiro atoms. The molecule has 0 unspecified atom stereocenters. The maximum Gasteiger partial charge on any atom is 0.263 e. The van der Waals surface area contributed by atoms with Crippen molar-refractivity contribution < 1.29 is 44.7 Å². The number of rotatable bonds is 12. The molecule has 2 rings (SSSR count). The predicted molar refractivity (Wildman–Crippen MR) is 178 cm³/mol. The lowest BCUT2D eigenvalue weighted by atomic mass is 9.95. The summed E-state index contributed by atoms with van der Waals surface area (Å²) in [6, 6.07) is 5.23. The Kier molecular flexibility index (Phi) is 14.4. The molecule has 42 heavy (non-hydrogen) atoms. The third kappa shape index (κ3) is 8.77. The zero-order valence-electron chi connectivity index (χ0n) is 22.4. The Balaban J connectivity index is 2.87. The van der Waals surface area contributed by atoms with Gasteiger partial charge in [0, 0.05) is 13.8 Å². The van der Waals surface area contributed by atoms with Gasteiger partial charge >= 0.3 is 0 Å². The summed E-state index contributed by atoms with van der Waals surface area (Å²) in [5.41, 5.74) is 6.97. The standard InChI is InChI=1S/C26H31I3N4O9/c1-11(36)31-21-18(27)17(19(28)22(20(21)29)32-12(2)37)26(42)33(23(15(38)9-34)24(40)16(39)10-35)25(41)14(30)8-13-6-4-3-5-7-13/h3-7,14-16,23-24,34-35,38-40H,8-10,30H2,1-2H3,(H,31,36)(H,32,37)/t14-,15-,16+,23+,24-/m0/s1. The third-order valence-electron chi connectivity index (χ3n) is 6.02. The van der Waals surface area contributed by atoms with Crippen LogP contribution in [0.2, 0.25) is 0 Å². The number of hydrogen-bond acceptors (Lipinski definition) is 10. The van der Waals surface area contributed by atoms with Crippen molar-refractivity contribution in [3.05, 3.63) is 52.2 Å². The lowest BCUT2D eigenvalue weighted by Crippen LogP contribution is -2.63. The van der Waals surface area contributed by atoms with Gasteiger partial charge in [0.1, 0.15) is 18.3 Å². The van der Waals surface area contributed by atoms with Crippen molar-refractivity contribution in [2.45, 2.75) is 50.7 Å². The van der Waals surface area contributed by atoms with Gasteiger partial charge in [-0.15, -0.1) is 0 Å². The van der Waals surface area contributed by atoms with Crippen molar-refractivity contribution in [1.29, 1.82) is 0 Å². The number of amides is 4. The zero-order chi connectivity index (χ0) is 31.9. The van der Waals surface area contributed by atoms with Gasteiger partial charge in [0.05, 0.1) is 52.9 Å². The summed E-state index contributed by atoms with van der Waals surface area (Å²) in [4.78, 5) is 52.9. The average Bonchev–Trinajstić information content (AvgIpc) is 2.94. The molecule has 16 heteroatoms. The molecule has 0 bridgehead atoms. The van der Waals surface area contributed by atoms with Crippen LogP contribution in [0.25, 0.3) is 0 Å². The molecule has 0 fully saturated rings. The number of benzene rings is 2. The minimum Gasteiger partial charge on any atom is -0.394 e. The Morgan fingerprint density at radius 1 is 0.833 bits per heavy atom. The van der Waals surface area contributed by atoms with Crippen molar-refractivity contribution in [3.63, 3.8) is 0 Å². The summed E-state index contributed by atoms with van der Waals surface area (Å²) < 4.78 is 0.684. The first-order chi connectivity index (χ1) is 19.7. The van der Waals surface area contributed by atoms with E-state index in [1.807, 2.05) is 22.6 Å². The second kappa shape index (κ2) is 16.5. The van der Waals surface area contributed by atoms with E-state index in [2.05, 4.69) is 10.6 Å². The second-order valence-corrected chi connectivity index (χ2v) is 12.5. The van der Waals surface area contributed by atoms with Gasteiger partial charge in [-0.3, -0.25) is 24.1 Å². The molecule has 4 amide bonds. The molecule has 0 radical (unpaired) electrons. The number of aliphatic hydroxyl groups is 5. The van der Waals surface area contributed by atoms with E-state index in [0.29, 0.717) is 14.0 Å². The summed E-state index contributed by atoms with van der Waals surface area (Å²) >= 11 is 5.44. The van der Waals surface area contributed by atoms with Crippen LogP contribution >= 0.6 is 67.8 Å². The van der Waals surface area contributed by atoms with Gasteiger partial charge in [-0.1, -0.05) is 30.3 Å². The number of nitrogens with zero attached hydrogens (tertiary/aromatic N) is 1. The van der Waals surface area contributed by atoms with Crippen molar-refractivity contribution in [1.82, 2.24) is 4.90 Å². The first-order valence-corrected chi connectivity index (χ1v) is 15.6. The molecule has 0 aliphatic carbocycles. The molecule has 2 aromatic rings. The fourth-order valence-corrected chi connectivity index (χ4v) is 8.22. The molecule has 9 N–H and O–H groups in total. The Hall–Kier alpha value is -1.53. The number of nitrogens with one attached hydrogen (secondary N) is 2. The summed E-state index contributed by atoms with van der Waals surface area (Å²) in [5, 5.41) is 56.4. The molecular formula is C26H31I3N4O9. The van der Waals surface area contributed by atoms with E-state index >= 15 is 0 Å². The van der Waals surface area contributed by atoms with Gasteiger partial charge in [-0.05, 0) is 79.8 Å². The lowest BCUT2D eigenvalue weighted by molar-refractivity contribution is -0.143. The van der Waals surface area contributed by atoms with Gasteiger partial charge in [0.15, 0.2) is 0 Å². The van der Waals surface area contributed by atoms with Gasteiger partial charge in [0.25, 0.3) is 5.91 Å². The smallest absolute Gasteiger partial charge is 0.263 e. The molecule has 0 saturated heterocycles. The van der Waals surface area contributed by atoms with Crippen LogP contribution in [-0.4, -0.2) is 97.7 Å². The minimum atomic E-state index is -2.11. The Morgan fingerprint density at radius 3 is 1.74 bits per heavy atom. The highest BCUT2D eigenvalue weighted by molar-refractivity contribution is 14.1. The first kappa shape index (κ1) is 36.7. The highest BCUT2D eigenvalue weighted by atomic mass is 127. The van der Waals surface area contributed by atoms with E-state index in [-0.39, 0.29) is 30.5 Å². The molecule has 0 aromatic heterocycles. The summed E-state index contributed by atoms with van der Waals surface area (Å²) in [6.45, 7) is 0.435. The van der Waals surface area contributed by atoms with E-state index in [9.17, 15) is 44.7 Å². The second-order valence-electron chi connectivity index (χ2n) is 9.22. The number of carbonyl (C=O) groups is 4. The number of carbonyl (C=O) groups excluding carboxylic acids is 4. The quantitative estimate of drug-likeness (QED) is 0.137. The molecule has 5 atom stereocenters. The van der Waals surface area contributed by atoms with E-state index < -0.39 is 67.2 Å². The molecule has 0 saturated carbocycles. The monoisotopic (exact) mass is 924 g/mol. The molecule has 0 aliphatic rings. The number of hydrogen-bond donors (Lipinski definition) is 8. The Bertz CT molecular complexity index is 1270. The predicted octanol–water partition coefficient (Wildman–Crippen LogP) is 0.392. The largest absolute Gasteiger partial charge is 0.394 e. The summed E-state index contributed by atoms with van der Waals surface area (Å²) in [7, 11) is 0. The molecule has 0 aliphatic heterocycles. The van der Waals surface area contributed by atoms with E-state index in [0.717, 1.165) is 0 Å². The van der Waals surface area contributed by atoms with Crippen molar-refractivity contribution >= 4 is 103 Å². The van der Waals surface area contributed by atoms with Crippen molar-refractivity contribution in [2.75, 3.05) is 23.8 Å². The first-order valence-electron chi connectivity index (χ1n) is 12.4. The number of imide groups is 1. The molecular weight excluding hydrogens is 893 g/mol. The maximum absolute atomic E-state index is 14.4. The maximum atomic E-state index is 14.4.